The summed E-state index contributed by atoms with van der Waals surface area (Å²) >= 11 is 0. The molecular weight excluding hydrogens is 294 g/mol. The zero-order valence-corrected chi connectivity index (χ0v) is 14.1. The number of rotatable bonds is 6. The van der Waals surface area contributed by atoms with E-state index in [4.69, 9.17) is 4.74 Å². The summed E-state index contributed by atoms with van der Waals surface area (Å²) in [5, 5.41) is 2.76. The number of benzene rings is 1. The van der Waals surface area contributed by atoms with Crippen molar-refractivity contribution in [3.05, 3.63) is 39.3 Å². The van der Waals surface area contributed by atoms with Gasteiger partial charge in [0.15, 0.2) is 0 Å². The molecule has 0 radical (unpaired) electrons. The number of aromatic nitrogens is 2. The Balaban J connectivity index is 2.28. The van der Waals surface area contributed by atoms with Gasteiger partial charge in [-0.1, -0.05) is 0 Å². The lowest BCUT2D eigenvalue weighted by atomic mass is 10.1. The highest BCUT2D eigenvalue weighted by Crippen LogP contribution is 2.17. The third-order valence-electron chi connectivity index (χ3n) is 3.92. The molecule has 0 atom stereocenters. The monoisotopic (exact) mass is 317 g/mol. The van der Waals surface area contributed by atoms with Gasteiger partial charge in [-0.15, -0.1) is 0 Å². The fourth-order valence-electron chi connectivity index (χ4n) is 2.44. The van der Waals surface area contributed by atoms with Gasteiger partial charge >= 0.3 is 0 Å². The molecule has 0 saturated heterocycles. The highest BCUT2D eigenvalue weighted by atomic mass is 16.5. The van der Waals surface area contributed by atoms with Crippen molar-refractivity contribution in [3.63, 3.8) is 0 Å². The minimum atomic E-state index is -0.148. The molecule has 1 N–H and O–H groups in total. The highest BCUT2D eigenvalue weighted by molar-refractivity contribution is 5.78. The second-order valence-corrected chi connectivity index (χ2v) is 5.67. The zero-order valence-electron chi connectivity index (χ0n) is 14.1. The van der Waals surface area contributed by atoms with Crippen molar-refractivity contribution in [1.29, 1.82) is 0 Å². The van der Waals surface area contributed by atoms with Gasteiger partial charge < -0.3 is 14.6 Å². The van der Waals surface area contributed by atoms with Crippen molar-refractivity contribution in [1.82, 2.24) is 14.9 Å². The summed E-state index contributed by atoms with van der Waals surface area (Å²) in [6.45, 7) is 7.00. The molecule has 124 valence electrons. The van der Waals surface area contributed by atoms with E-state index in [1.807, 2.05) is 26.0 Å². The van der Waals surface area contributed by atoms with Crippen LogP contribution in [0.3, 0.4) is 0 Å². The normalized spacial score (nSPS) is 11.0. The van der Waals surface area contributed by atoms with Gasteiger partial charge in [0, 0.05) is 26.6 Å². The van der Waals surface area contributed by atoms with Crippen molar-refractivity contribution in [2.75, 3.05) is 20.3 Å². The molecule has 0 aliphatic carbocycles. The summed E-state index contributed by atoms with van der Waals surface area (Å²) in [7, 11) is 1.59. The Morgan fingerprint density at radius 3 is 2.65 bits per heavy atom. The molecule has 0 aliphatic rings. The predicted molar refractivity (Wildman–Crippen MR) is 89.7 cm³/mol. The van der Waals surface area contributed by atoms with Gasteiger partial charge in [-0.2, -0.15) is 0 Å². The van der Waals surface area contributed by atoms with Crippen LogP contribution in [0.4, 0.5) is 0 Å². The average molecular weight is 317 g/mol. The van der Waals surface area contributed by atoms with E-state index in [-0.39, 0.29) is 17.9 Å². The zero-order chi connectivity index (χ0) is 17.0. The van der Waals surface area contributed by atoms with Crippen molar-refractivity contribution in [2.24, 2.45) is 0 Å². The standard InChI is InChI=1S/C17H23N3O3/c1-11-9-14-15(10-12(11)2)20(17(22)13(3)19-14)7-5-16(21)18-6-8-23-4/h9-10H,5-8H2,1-4H3,(H,18,21). The molecule has 2 rings (SSSR count). The van der Waals surface area contributed by atoms with E-state index in [1.165, 1.54) is 0 Å². The number of amides is 1. The van der Waals surface area contributed by atoms with Crippen LogP contribution in [0.25, 0.3) is 11.0 Å². The highest BCUT2D eigenvalue weighted by Gasteiger charge is 2.11. The van der Waals surface area contributed by atoms with E-state index in [1.54, 1.807) is 18.6 Å². The summed E-state index contributed by atoms with van der Waals surface area (Å²) < 4.78 is 6.53. The number of carbonyl (C=O) groups is 1. The number of nitrogens with zero attached hydrogens (tertiary/aromatic N) is 2. The minimum Gasteiger partial charge on any atom is -0.383 e. The molecule has 0 spiro atoms. The number of methoxy groups -OCH3 is 1. The molecule has 1 aromatic carbocycles. The first kappa shape index (κ1) is 17.1. The maximum atomic E-state index is 12.4. The average Bonchev–Trinajstić information content (AvgIpc) is 2.50. The summed E-state index contributed by atoms with van der Waals surface area (Å²) in [6, 6.07) is 3.94. The third kappa shape index (κ3) is 3.96. The summed E-state index contributed by atoms with van der Waals surface area (Å²) in [4.78, 5) is 28.6. The van der Waals surface area contributed by atoms with Gasteiger partial charge in [0.05, 0.1) is 17.6 Å². The molecule has 0 unspecified atom stereocenters. The largest absolute Gasteiger partial charge is 0.383 e. The van der Waals surface area contributed by atoms with E-state index in [2.05, 4.69) is 10.3 Å². The van der Waals surface area contributed by atoms with E-state index in [0.29, 0.717) is 25.4 Å². The smallest absolute Gasteiger partial charge is 0.272 e. The number of aryl methyl sites for hydroxylation is 4. The number of ether oxygens (including phenoxy) is 1. The number of nitrogens with one attached hydrogen (secondary N) is 1. The molecule has 1 aromatic heterocycles. The van der Waals surface area contributed by atoms with Crippen LogP contribution in [0.1, 0.15) is 23.2 Å². The Kier molecular flexibility index (Phi) is 5.50. The van der Waals surface area contributed by atoms with Crippen LogP contribution in [-0.4, -0.2) is 35.7 Å². The molecule has 0 bridgehead atoms. The Bertz CT molecular complexity index is 781. The Hall–Kier alpha value is -2.21. The summed E-state index contributed by atoms with van der Waals surface area (Å²) in [5.41, 5.74) is 4.08. The molecule has 2 aromatic rings. The molecule has 1 amide bonds. The van der Waals surface area contributed by atoms with Crippen molar-refractivity contribution in [3.8, 4) is 0 Å². The lowest BCUT2D eigenvalue weighted by molar-refractivity contribution is -0.121. The molecular formula is C17H23N3O3. The topological polar surface area (TPSA) is 73.2 Å². The lowest BCUT2D eigenvalue weighted by Crippen LogP contribution is -2.30. The fraction of sp³-hybridized carbons (Fsp3) is 0.471. The van der Waals surface area contributed by atoms with Crippen LogP contribution >= 0.6 is 0 Å². The van der Waals surface area contributed by atoms with Gasteiger partial charge in [0.25, 0.3) is 5.56 Å². The summed E-state index contributed by atoms with van der Waals surface area (Å²) in [5.74, 6) is -0.0969. The fourth-order valence-corrected chi connectivity index (χ4v) is 2.44. The Morgan fingerprint density at radius 2 is 1.96 bits per heavy atom. The van der Waals surface area contributed by atoms with Crippen LogP contribution in [0, 0.1) is 20.8 Å². The minimum absolute atomic E-state index is 0.0969. The Morgan fingerprint density at radius 1 is 1.26 bits per heavy atom. The molecule has 0 fully saturated rings. The molecule has 6 nitrogen and oxygen atoms in total. The number of hydrogen-bond acceptors (Lipinski definition) is 4. The van der Waals surface area contributed by atoms with E-state index in [0.717, 1.165) is 22.2 Å². The molecule has 1 heterocycles. The van der Waals surface area contributed by atoms with Gasteiger partial charge in [-0.25, -0.2) is 4.98 Å². The lowest BCUT2D eigenvalue weighted by Gasteiger charge is -2.13. The molecule has 0 aliphatic heterocycles. The third-order valence-corrected chi connectivity index (χ3v) is 3.92. The first-order valence-electron chi connectivity index (χ1n) is 7.68. The van der Waals surface area contributed by atoms with Crippen LogP contribution in [0.5, 0.6) is 0 Å². The van der Waals surface area contributed by atoms with Gasteiger partial charge in [-0.3, -0.25) is 9.59 Å². The number of carbonyl (C=O) groups excluding carboxylic acids is 1. The van der Waals surface area contributed by atoms with E-state index < -0.39 is 0 Å². The molecule has 0 saturated carbocycles. The van der Waals surface area contributed by atoms with E-state index in [9.17, 15) is 9.59 Å². The van der Waals surface area contributed by atoms with Crippen LogP contribution in [0.15, 0.2) is 16.9 Å². The van der Waals surface area contributed by atoms with Crippen LogP contribution in [0.2, 0.25) is 0 Å². The maximum Gasteiger partial charge on any atom is 0.272 e. The van der Waals surface area contributed by atoms with Crippen LogP contribution < -0.4 is 10.9 Å². The molecule has 23 heavy (non-hydrogen) atoms. The second-order valence-electron chi connectivity index (χ2n) is 5.67. The number of hydrogen-bond donors (Lipinski definition) is 1. The van der Waals surface area contributed by atoms with Crippen LogP contribution in [-0.2, 0) is 16.1 Å². The van der Waals surface area contributed by atoms with Gasteiger partial charge in [0.2, 0.25) is 5.91 Å². The molecule has 6 heteroatoms. The number of fused-ring (bicyclic) bond motifs is 1. The van der Waals surface area contributed by atoms with Crippen molar-refractivity contribution >= 4 is 16.9 Å². The quantitative estimate of drug-likeness (QED) is 0.819. The SMILES string of the molecule is COCCNC(=O)CCn1c(=O)c(C)nc2cc(C)c(C)cc21. The van der Waals surface area contributed by atoms with Gasteiger partial charge in [0.1, 0.15) is 5.69 Å². The first-order chi connectivity index (χ1) is 10.9. The second kappa shape index (κ2) is 7.37. The van der Waals surface area contributed by atoms with E-state index >= 15 is 0 Å². The predicted octanol–water partition coefficient (Wildman–Crippen LogP) is 1.47. The van der Waals surface area contributed by atoms with Gasteiger partial charge in [-0.05, 0) is 44.0 Å². The van der Waals surface area contributed by atoms with Crippen molar-refractivity contribution < 1.29 is 9.53 Å². The van der Waals surface area contributed by atoms with Crippen molar-refractivity contribution in [2.45, 2.75) is 33.7 Å². The maximum absolute atomic E-state index is 12.4. The first-order valence-corrected chi connectivity index (χ1v) is 7.68. The Labute approximate surface area is 135 Å². The summed E-state index contributed by atoms with van der Waals surface area (Å²) in [6.07, 6.45) is 0.245.